The molecule has 34 heavy (non-hydrogen) atoms. The number of ether oxygens (including phenoxy) is 3. The Bertz CT molecular complexity index is 1230. The van der Waals surface area contributed by atoms with Gasteiger partial charge < -0.3 is 14.2 Å². The molecule has 1 aromatic heterocycles. The van der Waals surface area contributed by atoms with Crippen molar-refractivity contribution in [2.75, 3.05) is 26.9 Å². The molecule has 6 nitrogen and oxygen atoms in total. The van der Waals surface area contributed by atoms with Crippen LogP contribution in [0.15, 0.2) is 73.1 Å². The molecule has 2 atom stereocenters. The molecule has 0 spiro atoms. The average Bonchev–Trinajstić information content (AvgIpc) is 3.20. The predicted octanol–water partition coefficient (Wildman–Crippen LogP) is 4.90. The van der Waals surface area contributed by atoms with Crippen LogP contribution in [0.25, 0.3) is 16.7 Å². The van der Waals surface area contributed by atoms with E-state index in [1.165, 1.54) is 22.3 Å². The summed E-state index contributed by atoms with van der Waals surface area (Å²) in [5.74, 6) is 0.768. The minimum absolute atomic E-state index is 0.0474. The molecular weight excluding hydrogens is 428 g/mol. The zero-order chi connectivity index (χ0) is 23.1. The molecule has 2 aliphatic heterocycles. The lowest BCUT2D eigenvalue weighted by Crippen LogP contribution is -2.56. The maximum atomic E-state index is 13.3. The Morgan fingerprint density at radius 3 is 2.50 bits per heavy atom. The van der Waals surface area contributed by atoms with Crippen LogP contribution in [0.5, 0.6) is 5.75 Å². The van der Waals surface area contributed by atoms with E-state index in [9.17, 15) is 4.79 Å². The zero-order valence-corrected chi connectivity index (χ0v) is 19.0. The van der Waals surface area contributed by atoms with Crippen molar-refractivity contribution in [1.82, 2.24) is 9.88 Å². The van der Waals surface area contributed by atoms with Crippen molar-refractivity contribution >= 4 is 11.7 Å². The van der Waals surface area contributed by atoms with E-state index < -0.39 is 0 Å². The van der Waals surface area contributed by atoms with Crippen LogP contribution in [0.3, 0.4) is 0 Å². The number of hydrogen-bond acceptors (Lipinski definition) is 5. The number of fused-ring (bicyclic) bond motifs is 5. The summed E-state index contributed by atoms with van der Waals surface area (Å²) in [5.41, 5.74) is 7.05. The van der Waals surface area contributed by atoms with Gasteiger partial charge in [-0.25, -0.2) is 4.79 Å². The molecule has 1 amide bonds. The average molecular weight is 455 g/mol. The maximum Gasteiger partial charge on any atom is 0.410 e. The van der Waals surface area contributed by atoms with E-state index in [1.54, 1.807) is 13.3 Å². The molecule has 172 valence electrons. The fraction of sp³-hybridized carbons (Fsp3) is 0.286. The molecule has 1 fully saturated rings. The number of carbonyl (C=O) groups excluding carboxylic acids is 1. The van der Waals surface area contributed by atoms with E-state index in [-0.39, 0.29) is 24.1 Å². The van der Waals surface area contributed by atoms with Crippen molar-refractivity contribution < 1.29 is 19.0 Å². The van der Waals surface area contributed by atoms with Gasteiger partial charge in [0.05, 0.1) is 38.6 Å². The van der Waals surface area contributed by atoms with Crippen LogP contribution in [0, 0.1) is 0 Å². The smallest absolute Gasteiger partial charge is 0.410 e. The lowest BCUT2D eigenvalue weighted by molar-refractivity contribution is -0.0331. The van der Waals surface area contributed by atoms with Crippen molar-refractivity contribution in [2.45, 2.75) is 24.4 Å². The third-order valence-electron chi connectivity index (χ3n) is 7.07. The number of morpholine rings is 1. The second-order valence-electron chi connectivity index (χ2n) is 8.98. The van der Waals surface area contributed by atoms with Crippen LogP contribution in [0.2, 0.25) is 0 Å². The molecule has 1 saturated heterocycles. The van der Waals surface area contributed by atoms with Crippen LogP contribution >= 0.6 is 0 Å². The molecule has 2 bridgehead atoms. The molecule has 6 rings (SSSR count). The minimum Gasteiger partial charge on any atom is -0.495 e. The second kappa shape index (κ2) is 8.61. The molecule has 6 heteroatoms. The summed E-state index contributed by atoms with van der Waals surface area (Å²) in [6.07, 6.45) is 6.05. The van der Waals surface area contributed by atoms with Gasteiger partial charge in [0, 0.05) is 12.1 Å². The predicted molar refractivity (Wildman–Crippen MR) is 129 cm³/mol. The highest BCUT2D eigenvalue weighted by atomic mass is 16.6. The minimum atomic E-state index is -0.278. The second-order valence-corrected chi connectivity index (χ2v) is 8.98. The first-order chi connectivity index (χ1) is 16.7. The molecule has 0 radical (unpaired) electrons. The third-order valence-corrected chi connectivity index (χ3v) is 7.07. The van der Waals surface area contributed by atoms with Gasteiger partial charge >= 0.3 is 6.09 Å². The lowest BCUT2D eigenvalue weighted by atomic mass is 9.91. The van der Waals surface area contributed by atoms with E-state index in [0.29, 0.717) is 26.2 Å². The number of hydrogen-bond donors (Lipinski definition) is 0. The van der Waals surface area contributed by atoms with Gasteiger partial charge in [-0.2, -0.15) is 0 Å². The van der Waals surface area contributed by atoms with Crippen LogP contribution in [-0.2, 0) is 9.47 Å². The summed E-state index contributed by atoms with van der Waals surface area (Å²) >= 11 is 0. The van der Waals surface area contributed by atoms with Gasteiger partial charge in [0.2, 0.25) is 0 Å². The van der Waals surface area contributed by atoms with E-state index in [0.717, 1.165) is 16.9 Å². The molecule has 0 saturated carbocycles. The Hall–Kier alpha value is -3.64. The number of amides is 1. The topological polar surface area (TPSA) is 60.9 Å². The molecule has 3 aliphatic rings. The van der Waals surface area contributed by atoms with Gasteiger partial charge in [0.15, 0.2) is 0 Å². The number of pyridine rings is 1. The Balaban J connectivity index is 1.22. The van der Waals surface area contributed by atoms with Gasteiger partial charge in [-0.15, -0.1) is 0 Å². The normalized spacial score (nSPS) is 20.9. The van der Waals surface area contributed by atoms with Gasteiger partial charge in [-0.3, -0.25) is 9.88 Å². The molecule has 3 heterocycles. The van der Waals surface area contributed by atoms with Crippen LogP contribution in [-0.4, -0.2) is 55.0 Å². The van der Waals surface area contributed by atoms with E-state index in [2.05, 4.69) is 47.5 Å². The molecular formula is C28H26N2O4. The first kappa shape index (κ1) is 20.9. The fourth-order valence-corrected chi connectivity index (χ4v) is 5.47. The largest absolute Gasteiger partial charge is 0.495 e. The summed E-state index contributed by atoms with van der Waals surface area (Å²) in [7, 11) is 1.64. The van der Waals surface area contributed by atoms with Crippen molar-refractivity contribution in [3.05, 3.63) is 89.8 Å². The highest BCUT2D eigenvalue weighted by Crippen LogP contribution is 2.44. The highest BCUT2D eigenvalue weighted by Gasteiger charge is 2.40. The Labute approximate surface area is 198 Å². The summed E-state index contributed by atoms with van der Waals surface area (Å²) < 4.78 is 17.1. The zero-order valence-electron chi connectivity index (χ0n) is 19.0. The number of rotatable bonds is 4. The Kier molecular flexibility index (Phi) is 5.30. The molecule has 0 N–H and O–H groups in total. The molecule has 1 aliphatic carbocycles. The van der Waals surface area contributed by atoms with Gasteiger partial charge in [0.1, 0.15) is 12.4 Å². The van der Waals surface area contributed by atoms with Crippen molar-refractivity contribution in [3.8, 4) is 16.9 Å². The van der Waals surface area contributed by atoms with Crippen molar-refractivity contribution in [3.63, 3.8) is 0 Å². The monoisotopic (exact) mass is 454 g/mol. The SMILES string of the molecule is COc1cncc(C2=CC3COCC(C2)N3C(=O)OCC2c3ccccc3-c3ccccc32)c1. The highest BCUT2D eigenvalue weighted by molar-refractivity contribution is 5.79. The molecule has 2 unspecified atom stereocenters. The number of carbonyl (C=O) groups is 1. The van der Waals surface area contributed by atoms with E-state index in [4.69, 9.17) is 14.2 Å². The van der Waals surface area contributed by atoms with E-state index >= 15 is 0 Å². The number of methoxy groups -OCH3 is 1. The van der Waals surface area contributed by atoms with E-state index in [1.807, 2.05) is 29.3 Å². The van der Waals surface area contributed by atoms with Crippen molar-refractivity contribution in [2.24, 2.45) is 0 Å². The summed E-state index contributed by atoms with van der Waals surface area (Å²) in [4.78, 5) is 19.5. The van der Waals surface area contributed by atoms with Gasteiger partial charge in [-0.1, -0.05) is 54.6 Å². The first-order valence-corrected chi connectivity index (χ1v) is 11.6. The van der Waals surface area contributed by atoms with Crippen LogP contribution in [0.1, 0.15) is 29.0 Å². The summed E-state index contributed by atoms with van der Waals surface area (Å²) in [5, 5.41) is 0. The third kappa shape index (κ3) is 3.55. The number of aromatic nitrogens is 1. The standard InChI is InChI=1S/C28H26N2O4/c1-32-22-12-19(13-29-14-22)18-10-20-15-33-16-21(11-18)30(20)28(31)34-17-27-25-8-4-2-6-23(25)24-7-3-5-9-26(24)27/h2-10,12-14,20-21,27H,11,15-17H2,1H3. The van der Waals surface area contributed by atoms with Crippen LogP contribution in [0.4, 0.5) is 4.79 Å². The molecule has 2 aromatic carbocycles. The first-order valence-electron chi connectivity index (χ1n) is 11.6. The maximum absolute atomic E-state index is 13.3. The van der Waals surface area contributed by atoms with Crippen molar-refractivity contribution in [1.29, 1.82) is 0 Å². The summed E-state index contributed by atoms with van der Waals surface area (Å²) in [6.45, 7) is 1.27. The van der Waals surface area contributed by atoms with Gasteiger partial charge in [0.25, 0.3) is 0 Å². The fourth-order valence-electron chi connectivity index (χ4n) is 5.47. The lowest BCUT2D eigenvalue weighted by Gasteiger charge is -2.43. The summed E-state index contributed by atoms with van der Waals surface area (Å²) in [6, 6.07) is 18.5. The van der Waals surface area contributed by atoms with Gasteiger partial charge in [-0.05, 0) is 45.9 Å². The number of benzene rings is 2. The Morgan fingerprint density at radius 2 is 1.79 bits per heavy atom. The Morgan fingerprint density at radius 1 is 1.06 bits per heavy atom. The quantitative estimate of drug-likeness (QED) is 0.561. The van der Waals surface area contributed by atoms with Crippen LogP contribution < -0.4 is 4.74 Å². The number of nitrogens with zero attached hydrogens (tertiary/aromatic N) is 2. The molecule has 3 aromatic rings.